The lowest BCUT2D eigenvalue weighted by molar-refractivity contribution is 0.0907. The van der Waals surface area contributed by atoms with Crippen molar-refractivity contribution in [3.8, 4) is 5.75 Å². The summed E-state index contributed by atoms with van der Waals surface area (Å²) in [4.78, 5) is 15.1. The normalized spacial score (nSPS) is 15.3. The number of likely N-dealkylation sites (tertiary alicyclic amines) is 1. The molecule has 6 heteroatoms. The number of piperidine rings is 1. The monoisotopic (exact) mass is 399 g/mol. The van der Waals surface area contributed by atoms with Crippen molar-refractivity contribution in [1.82, 2.24) is 10.2 Å². The fourth-order valence-corrected chi connectivity index (χ4v) is 3.77. The highest BCUT2D eigenvalue weighted by Crippen LogP contribution is 2.25. The van der Waals surface area contributed by atoms with E-state index in [1.807, 2.05) is 19.1 Å². The summed E-state index contributed by atoms with van der Waals surface area (Å²) in [5, 5.41) is 3.14. The van der Waals surface area contributed by atoms with Crippen molar-refractivity contribution in [3.05, 3.63) is 58.9 Å². The zero-order valence-electron chi connectivity index (χ0n) is 17.2. The maximum absolute atomic E-state index is 13.0. The Hall–Kier alpha value is -2.60. The van der Waals surface area contributed by atoms with Gasteiger partial charge in [0.2, 0.25) is 0 Å². The smallest absolute Gasteiger partial charge is 0.255 e. The van der Waals surface area contributed by atoms with Crippen molar-refractivity contribution < 1.29 is 13.9 Å². The van der Waals surface area contributed by atoms with Crippen LogP contribution in [-0.2, 0) is 6.42 Å². The van der Waals surface area contributed by atoms with Crippen LogP contribution < -0.4 is 15.8 Å². The number of nitrogens with two attached hydrogens (primary N) is 1. The maximum atomic E-state index is 13.0. The van der Waals surface area contributed by atoms with Gasteiger partial charge in [-0.05, 0) is 68.5 Å². The highest BCUT2D eigenvalue weighted by molar-refractivity contribution is 5.98. The Morgan fingerprint density at radius 1 is 1.24 bits per heavy atom. The number of hydrogen-bond donors (Lipinski definition) is 2. The predicted molar refractivity (Wildman–Crippen MR) is 114 cm³/mol. The van der Waals surface area contributed by atoms with Gasteiger partial charge in [-0.3, -0.25) is 4.79 Å². The first kappa shape index (κ1) is 21.1. The van der Waals surface area contributed by atoms with Crippen LogP contribution in [0.25, 0.3) is 0 Å². The third kappa shape index (κ3) is 5.70. The Morgan fingerprint density at radius 3 is 2.59 bits per heavy atom. The van der Waals surface area contributed by atoms with Gasteiger partial charge in [0.25, 0.3) is 5.91 Å². The van der Waals surface area contributed by atoms with E-state index in [0.717, 1.165) is 50.9 Å². The third-order valence-corrected chi connectivity index (χ3v) is 5.61. The van der Waals surface area contributed by atoms with Crippen molar-refractivity contribution in [2.75, 3.05) is 32.5 Å². The molecule has 1 fully saturated rings. The van der Waals surface area contributed by atoms with Gasteiger partial charge < -0.3 is 20.7 Å². The summed E-state index contributed by atoms with van der Waals surface area (Å²) in [6, 6.07) is 10.4. The lowest BCUT2D eigenvalue weighted by Crippen LogP contribution is -2.45. The van der Waals surface area contributed by atoms with Crippen LogP contribution in [0.1, 0.15) is 40.7 Å². The van der Waals surface area contributed by atoms with E-state index < -0.39 is 0 Å². The second-order valence-corrected chi connectivity index (χ2v) is 7.73. The molecule has 29 heavy (non-hydrogen) atoms. The van der Waals surface area contributed by atoms with Gasteiger partial charge in [0.05, 0.1) is 12.7 Å². The first-order valence-electron chi connectivity index (χ1n) is 10.2. The van der Waals surface area contributed by atoms with Crippen LogP contribution in [-0.4, -0.2) is 43.6 Å². The molecule has 1 aliphatic rings. The highest BCUT2D eigenvalue weighted by atomic mass is 19.1. The van der Waals surface area contributed by atoms with E-state index in [1.165, 1.54) is 17.7 Å². The number of carbonyl (C=O) groups is 1. The van der Waals surface area contributed by atoms with Crippen molar-refractivity contribution >= 4 is 11.6 Å². The van der Waals surface area contributed by atoms with Gasteiger partial charge in [0, 0.05) is 30.9 Å². The summed E-state index contributed by atoms with van der Waals surface area (Å²) < 4.78 is 18.3. The summed E-state index contributed by atoms with van der Waals surface area (Å²) in [5.74, 6) is 0.202. The molecule has 1 saturated heterocycles. The van der Waals surface area contributed by atoms with Gasteiger partial charge in [-0.1, -0.05) is 12.1 Å². The number of ether oxygens (including phenoxy) is 1. The zero-order valence-corrected chi connectivity index (χ0v) is 17.2. The lowest BCUT2D eigenvalue weighted by atomic mass is 10.0. The van der Waals surface area contributed by atoms with Gasteiger partial charge in [0.1, 0.15) is 11.6 Å². The van der Waals surface area contributed by atoms with Crippen LogP contribution in [0.2, 0.25) is 0 Å². The summed E-state index contributed by atoms with van der Waals surface area (Å²) in [6.07, 6.45) is 3.86. The minimum absolute atomic E-state index is 0.111. The van der Waals surface area contributed by atoms with Gasteiger partial charge in [-0.15, -0.1) is 0 Å². The fraction of sp³-hybridized carbons (Fsp3) is 0.435. The van der Waals surface area contributed by atoms with E-state index in [4.69, 9.17) is 10.5 Å². The molecule has 0 aromatic heterocycles. The van der Waals surface area contributed by atoms with E-state index in [-0.39, 0.29) is 17.8 Å². The summed E-state index contributed by atoms with van der Waals surface area (Å²) in [6.45, 7) is 4.83. The number of carbonyl (C=O) groups excluding carboxylic acids is 1. The van der Waals surface area contributed by atoms with Gasteiger partial charge in [-0.2, -0.15) is 0 Å². The molecule has 0 atom stereocenters. The van der Waals surface area contributed by atoms with E-state index in [1.54, 1.807) is 19.2 Å². The van der Waals surface area contributed by atoms with Gasteiger partial charge in [0.15, 0.2) is 0 Å². The maximum Gasteiger partial charge on any atom is 0.255 e. The van der Waals surface area contributed by atoms with E-state index >= 15 is 0 Å². The van der Waals surface area contributed by atoms with E-state index in [9.17, 15) is 9.18 Å². The lowest BCUT2D eigenvalue weighted by Gasteiger charge is -2.32. The van der Waals surface area contributed by atoms with Gasteiger partial charge >= 0.3 is 0 Å². The molecule has 0 bridgehead atoms. The molecule has 2 aromatic rings. The molecule has 2 aromatic carbocycles. The Labute approximate surface area is 172 Å². The number of anilines is 1. The number of aryl methyl sites for hydroxylation is 2. The van der Waals surface area contributed by atoms with Crippen LogP contribution in [0, 0.1) is 12.7 Å². The first-order valence-corrected chi connectivity index (χ1v) is 10.2. The number of methoxy groups -OCH3 is 1. The third-order valence-electron chi connectivity index (χ3n) is 5.61. The molecular formula is C23H30FN3O2. The summed E-state index contributed by atoms with van der Waals surface area (Å²) >= 11 is 0. The second-order valence-electron chi connectivity index (χ2n) is 7.73. The molecule has 1 amide bonds. The molecule has 5 nitrogen and oxygen atoms in total. The van der Waals surface area contributed by atoms with Crippen LogP contribution in [0.5, 0.6) is 5.75 Å². The molecule has 3 rings (SSSR count). The number of nitrogens with zero attached hydrogens (tertiary/aromatic N) is 1. The molecule has 1 aliphatic heterocycles. The second kappa shape index (κ2) is 9.74. The number of amides is 1. The topological polar surface area (TPSA) is 67.6 Å². The molecule has 0 spiro atoms. The Kier molecular flexibility index (Phi) is 7.09. The minimum atomic E-state index is -0.190. The van der Waals surface area contributed by atoms with Crippen molar-refractivity contribution in [2.24, 2.45) is 0 Å². The minimum Gasteiger partial charge on any atom is -0.496 e. The number of halogens is 1. The largest absolute Gasteiger partial charge is 0.496 e. The van der Waals surface area contributed by atoms with Crippen LogP contribution in [0.4, 0.5) is 10.1 Å². The quantitative estimate of drug-likeness (QED) is 0.699. The first-order chi connectivity index (χ1) is 14.0. The average Bonchev–Trinajstić information content (AvgIpc) is 2.72. The Bertz CT molecular complexity index is 831. The number of nitrogen functional groups attached to an aromatic ring is 1. The average molecular weight is 400 g/mol. The molecule has 0 aliphatic carbocycles. The SMILES string of the molecule is COc1cc(N)c(C)cc1C(=O)NC1CCN(CCCc2ccc(F)cc2)CC1. The Morgan fingerprint density at radius 2 is 1.93 bits per heavy atom. The zero-order chi connectivity index (χ0) is 20.8. The molecule has 0 saturated carbocycles. The molecule has 156 valence electrons. The standard InChI is InChI=1S/C23H30FN3O2/c1-16-14-20(22(29-2)15-21(16)25)23(28)26-19-9-12-27(13-10-19)11-3-4-17-5-7-18(24)8-6-17/h5-8,14-15,19H,3-4,9-13,25H2,1-2H3,(H,26,28). The van der Waals surface area contributed by atoms with E-state index in [0.29, 0.717) is 17.0 Å². The summed E-state index contributed by atoms with van der Waals surface area (Å²) in [7, 11) is 1.55. The molecule has 0 radical (unpaired) electrons. The number of nitrogens with one attached hydrogen (secondary N) is 1. The highest BCUT2D eigenvalue weighted by Gasteiger charge is 2.22. The fourth-order valence-electron chi connectivity index (χ4n) is 3.77. The van der Waals surface area contributed by atoms with Crippen LogP contribution >= 0.6 is 0 Å². The molecule has 1 heterocycles. The van der Waals surface area contributed by atoms with Crippen molar-refractivity contribution in [3.63, 3.8) is 0 Å². The molecular weight excluding hydrogens is 369 g/mol. The predicted octanol–water partition coefficient (Wildman–Crippen LogP) is 3.55. The number of hydrogen-bond acceptors (Lipinski definition) is 4. The number of rotatable bonds is 7. The Balaban J connectivity index is 1.44. The summed E-state index contributed by atoms with van der Waals surface area (Å²) in [5.41, 5.74) is 9.10. The molecule has 0 unspecified atom stereocenters. The van der Waals surface area contributed by atoms with Crippen LogP contribution in [0.15, 0.2) is 36.4 Å². The van der Waals surface area contributed by atoms with Crippen molar-refractivity contribution in [2.45, 2.75) is 38.6 Å². The van der Waals surface area contributed by atoms with Crippen molar-refractivity contribution in [1.29, 1.82) is 0 Å². The molecule has 3 N–H and O–H groups in total. The number of benzene rings is 2. The van der Waals surface area contributed by atoms with E-state index in [2.05, 4.69) is 10.2 Å². The van der Waals surface area contributed by atoms with Crippen LogP contribution in [0.3, 0.4) is 0 Å². The van der Waals surface area contributed by atoms with Gasteiger partial charge in [-0.25, -0.2) is 4.39 Å².